The summed E-state index contributed by atoms with van der Waals surface area (Å²) in [4.78, 5) is 33.6. The van der Waals surface area contributed by atoms with Crippen LogP contribution in [0.5, 0.6) is 5.75 Å². The van der Waals surface area contributed by atoms with E-state index in [0.717, 1.165) is 41.6 Å². The molecule has 1 aromatic carbocycles. The van der Waals surface area contributed by atoms with Crippen molar-refractivity contribution in [3.05, 3.63) is 35.3 Å². The maximum Gasteiger partial charge on any atom is 0.407 e. The summed E-state index contributed by atoms with van der Waals surface area (Å²) in [5.41, 5.74) is 2.11. The van der Waals surface area contributed by atoms with Gasteiger partial charge in [-0.15, -0.1) is 11.3 Å². The molecule has 0 aliphatic carbocycles. The van der Waals surface area contributed by atoms with Gasteiger partial charge in [-0.3, -0.25) is 9.69 Å². The lowest BCUT2D eigenvalue weighted by atomic mass is 10.0. The summed E-state index contributed by atoms with van der Waals surface area (Å²) >= 11 is 1.63. The summed E-state index contributed by atoms with van der Waals surface area (Å²) in [6, 6.07) is 7.35. The Morgan fingerprint density at radius 1 is 1.12 bits per heavy atom. The lowest BCUT2D eigenvalue weighted by Gasteiger charge is -2.36. The van der Waals surface area contributed by atoms with Crippen LogP contribution < -0.4 is 10.1 Å². The number of ether oxygens (including phenoxy) is 2. The van der Waals surface area contributed by atoms with Crippen molar-refractivity contribution >= 4 is 23.3 Å². The van der Waals surface area contributed by atoms with Crippen LogP contribution in [0.1, 0.15) is 26.0 Å². The van der Waals surface area contributed by atoms with Gasteiger partial charge < -0.3 is 19.7 Å². The number of nitrogens with zero attached hydrogens (tertiary/aromatic N) is 3. The van der Waals surface area contributed by atoms with Gasteiger partial charge in [0.1, 0.15) is 16.8 Å². The van der Waals surface area contributed by atoms with Gasteiger partial charge in [-0.2, -0.15) is 0 Å². The largest absolute Gasteiger partial charge is 0.497 e. The van der Waals surface area contributed by atoms with Crippen LogP contribution in [0.3, 0.4) is 0 Å². The van der Waals surface area contributed by atoms with Crippen LogP contribution in [0.2, 0.25) is 0 Å². The van der Waals surface area contributed by atoms with Crippen molar-refractivity contribution in [2.75, 3.05) is 40.4 Å². The first-order valence-electron chi connectivity index (χ1n) is 10.8. The first kappa shape index (κ1) is 24.0. The first-order valence-corrected chi connectivity index (χ1v) is 11.7. The molecule has 1 aliphatic rings. The normalized spacial score (nSPS) is 15.5. The van der Waals surface area contributed by atoms with E-state index in [1.54, 1.807) is 18.4 Å². The van der Waals surface area contributed by atoms with Crippen molar-refractivity contribution in [1.29, 1.82) is 0 Å². The molecule has 2 amide bonds. The maximum atomic E-state index is 13.0. The van der Waals surface area contributed by atoms with Crippen LogP contribution in [0.4, 0.5) is 4.79 Å². The third-order valence-corrected chi connectivity index (χ3v) is 6.38. The number of hydrogen-bond acceptors (Lipinski definition) is 7. The van der Waals surface area contributed by atoms with Crippen LogP contribution >= 0.6 is 11.3 Å². The van der Waals surface area contributed by atoms with Crippen LogP contribution in [0.15, 0.2) is 29.6 Å². The van der Waals surface area contributed by atoms with Crippen molar-refractivity contribution in [1.82, 2.24) is 20.1 Å². The fraction of sp³-hybridized carbons (Fsp3) is 0.522. The summed E-state index contributed by atoms with van der Waals surface area (Å²) in [6.07, 6.45) is 0.0139. The van der Waals surface area contributed by atoms with E-state index in [2.05, 4.69) is 20.3 Å². The average molecular weight is 461 g/mol. The van der Waals surface area contributed by atoms with E-state index in [9.17, 15) is 9.59 Å². The number of thiazole rings is 1. The fourth-order valence-electron chi connectivity index (χ4n) is 3.72. The zero-order valence-corrected chi connectivity index (χ0v) is 20.0. The summed E-state index contributed by atoms with van der Waals surface area (Å²) < 4.78 is 9.90. The molecule has 9 heteroatoms. The number of piperazine rings is 1. The molecule has 1 aromatic heterocycles. The van der Waals surface area contributed by atoms with Gasteiger partial charge in [0.05, 0.1) is 19.9 Å². The Bertz CT molecular complexity index is 892. The van der Waals surface area contributed by atoms with Gasteiger partial charge in [-0.05, 0) is 36.6 Å². The Hall–Kier alpha value is -2.65. The Morgan fingerprint density at radius 2 is 1.81 bits per heavy atom. The van der Waals surface area contributed by atoms with Gasteiger partial charge in [0.2, 0.25) is 5.91 Å². The molecule has 1 saturated heterocycles. The molecule has 1 atom stereocenters. The molecule has 0 radical (unpaired) electrons. The Morgan fingerprint density at radius 3 is 2.41 bits per heavy atom. The van der Waals surface area contributed by atoms with E-state index in [1.165, 1.54) is 7.11 Å². The second-order valence-electron chi connectivity index (χ2n) is 8.29. The molecule has 2 heterocycles. The van der Waals surface area contributed by atoms with E-state index in [1.807, 2.05) is 43.0 Å². The average Bonchev–Trinajstić information content (AvgIpc) is 3.26. The second-order valence-corrected chi connectivity index (χ2v) is 9.15. The molecule has 0 spiro atoms. The minimum atomic E-state index is -0.571. The minimum Gasteiger partial charge on any atom is -0.497 e. The van der Waals surface area contributed by atoms with E-state index >= 15 is 0 Å². The molecular weight excluding hydrogens is 428 g/mol. The van der Waals surface area contributed by atoms with Crippen LogP contribution in [0, 0.1) is 5.92 Å². The van der Waals surface area contributed by atoms with Gasteiger partial charge in [-0.1, -0.05) is 13.8 Å². The number of aromatic nitrogens is 1. The van der Waals surface area contributed by atoms with Crippen LogP contribution in [-0.4, -0.2) is 73.2 Å². The van der Waals surface area contributed by atoms with Crippen molar-refractivity contribution in [3.63, 3.8) is 0 Å². The molecule has 8 nitrogen and oxygen atoms in total. The van der Waals surface area contributed by atoms with Gasteiger partial charge in [-0.25, -0.2) is 9.78 Å². The Labute approximate surface area is 193 Å². The van der Waals surface area contributed by atoms with Gasteiger partial charge in [0, 0.05) is 43.7 Å². The molecular formula is C23H32N4O4S. The van der Waals surface area contributed by atoms with Crippen LogP contribution in [-0.2, 0) is 16.1 Å². The lowest BCUT2D eigenvalue weighted by Crippen LogP contribution is -2.55. The third-order valence-electron chi connectivity index (χ3n) is 5.44. The number of carbonyl (C=O) groups excluding carboxylic acids is 2. The van der Waals surface area contributed by atoms with Gasteiger partial charge >= 0.3 is 6.09 Å². The highest BCUT2D eigenvalue weighted by Gasteiger charge is 2.29. The highest BCUT2D eigenvalue weighted by molar-refractivity contribution is 7.13. The molecule has 1 aliphatic heterocycles. The summed E-state index contributed by atoms with van der Waals surface area (Å²) in [6.45, 7) is 7.63. The number of alkyl carbamates (subject to hydrolysis) is 1. The molecule has 0 saturated carbocycles. The standard InChI is InChI=1S/C23H32N4O4S/c1-16(2)13-20(25-23(29)31-4)22(28)27-11-9-26(10-12-27)14-18-15-32-21(24-18)17-5-7-19(30-3)8-6-17/h5-8,15-16,20H,9-14H2,1-4H3,(H,25,29). The van der Waals surface area contributed by atoms with E-state index < -0.39 is 12.1 Å². The number of benzene rings is 1. The monoisotopic (exact) mass is 460 g/mol. The predicted octanol–water partition coefficient (Wildman–Crippen LogP) is 3.23. The molecule has 174 valence electrons. The molecule has 1 N–H and O–H groups in total. The number of rotatable bonds is 8. The number of carbonyl (C=O) groups is 2. The van der Waals surface area contributed by atoms with Crippen molar-refractivity contribution in [3.8, 4) is 16.3 Å². The molecule has 1 unspecified atom stereocenters. The van der Waals surface area contributed by atoms with Crippen LogP contribution in [0.25, 0.3) is 10.6 Å². The molecule has 0 bridgehead atoms. The van der Waals surface area contributed by atoms with Gasteiger partial charge in [0.25, 0.3) is 0 Å². The summed E-state index contributed by atoms with van der Waals surface area (Å²) in [7, 11) is 2.97. The van der Waals surface area contributed by atoms with E-state index in [-0.39, 0.29) is 11.8 Å². The second kappa shape index (κ2) is 11.3. The van der Waals surface area contributed by atoms with Crippen molar-refractivity contribution in [2.45, 2.75) is 32.9 Å². The zero-order chi connectivity index (χ0) is 23.1. The number of amides is 2. The zero-order valence-electron chi connectivity index (χ0n) is 19.2. The van der Waals surface area contributed by atoms with Crippen molar-refractivity contribution in [2.24, 2.45) is 5.92 Å². The minimum absolute atomic E-state index is 0.0424. The quantitative estimate of drug-likeness (QED) is 0.651. The third kappa shape index (κ3) is 6.43. The molecule has 32 heavy (non-hydrogen) atoms. The summed E-state index contributed by atoms with van der Waals surface area (Å²) in [5, 5.41) is 5.77. The van der Waals surface area contributed by atoms with E-state index in [4.69, 9.17) is 9.72 Å². The Kier molecular flexibility index (Phi) is 8.46. The predicted molar refractivity (Wildman–Crippen MR) is 125 cm³/mol. The number of hydrogen-bond donors (Lipinski definition) is 1. The fourth-order valence-corrected chi connectivity index (χ4v) is 4.53. The molecule has 3 rings (SSSR count). The molecule has 2 aromatic rings. The highest BCUT2D eigenvalue weighted by atomic mass is 32.1. The SMILES string of the molecule is COC(=O)NC(CC(C)C)C(=O)N1CCN(Cc2csc(-c3ccc(OC)cc3)n2)CC1. The smallest absolute Gasteiger partial charge is 0.407 e. The van der Waals surface area contributed by atoms with Gasteiger partial charge in [0.15, 0.2) is 0 Å². The van der Waals surface area contributed by atoms with E-state index in [0.29, 0.717) is 19.5 Å². The summed E-state index contributed by atoms with van der Waals surface area (Å²) in [5.74, 6) is 1.07. The Balaban J connectivity index is 1.53. The molecule has 1 fully saturated rings. The first-order chi connectivity index (χ1) is 15.4. The lowest BCUT2D eigenvalue weighted by molar-refractivity contribution is -0.135. The number of nitrogens with one attached hydrogen (secondary N) is 1. The maximum absolute atomic E-state index is 13.0. The number of methoxy groups -OCH3 is 2. The highest BCUT2D eigenvalue weighted by Crippen LogP contribution is 2.26. The van der Waals surface area contributed by atoms with Crippen molar-refractivity contribution < 1.29 is 19.1 Å². The topological polar surface area (TPSA) is 84.0 Å².